The maximum absolute atomic E-state index is 13.9. The van der Waals surface area contributed by atoms with E-state index in [0.29, 0.717) is 16.6 Å². The number of nitrogens with one attached hydrogen (secondary N) is 1. The summed E-state index contributed by atoms with van der Waals surface area (Å²) in [6.07, 6.45) is 1.70. The van der Waals surface area contributed by atoms with E-state index in [1.807, 2.05) is 44.2 Å². The van der Waals surface area contributed by atoms with Gasteiger partial charge in [-0.25, -0.2) is 9.38 Å². The molecule has 1 aliphatic heterocycles. The highest BCUT2D eigenvalue weighted by molar-refractivity contribution is 8.14. The number of aryl methyl sites for hydroxylation is 2. The number of para-hydroxylation sites is 1. The average molecular weight is 490 g/mol. The molecule has 2 amide bonds. The van der Waals surface area contributed by atoms with Gasteiger partial charge in [0.2, 0.25) is 5.91 Å². The smallest absolute Gasteiger partial charge is 0.283 e. The molecule has 1 N–H and O–H groups in total. The van der Waals surface area contributed by atoms with Crippen molar-refractivity contribution in [1.29, 1.82) is 0 Å². The number of nitrogens with zero attached hydrogens (tertiary/aromatic N) is 2. The molecule has 0 fully saturated rings. The Kier molecular flexibility index (Phi) is 7.31. The lowest BCUT2D eigenvalue weighted by atomic mass is 10.1. The molecule has 6 nitrogen and oxygen atoms in total. The van der Waals surface area contributed by atoms with Gasteiger partial charge in [0.25, 0.3) is 5.91 Å². The van der Waals surface area contributed by atoms with Crippen LogP contribution >= 0.6 is 11.8 Å². The minimum absolute atomic E-state index is 0.0441. The molecular weight excluding hydrogens is 465 g/mol. The number of methoxy groups -OCH3 is 1. The first-order valence-corrected chi connectivity index (χ1v) is 11.9. The third-order valence-corrected chi connectivity index (χ3v) is 6.13. The highest BCUT2D eigenvalue weighted by Crippen LogP contribution is 2.31. The van der Waals surface area contributed by atoms with Gasteiger partial charge in [0.05, 0.1) is 24.2 Å². The van der Waals surface area contributed by atoms with Gasteiger partial charge in [-0.2, -0.15) is 0 Å². The number of anilines is 2. The molecule has 0 atom stereocenters. The molecule has 3 aromatic rings. The van der Waals surface area contributed by atoms with Crippen LogP contribution in [0.1, 0.15) is 16.7 Å². The second-order valence-corrected chi connectivity index (χ2v) is 8.94. The number of carbonyl (C=O) groups excluding carboxylic acids is 2. The number of carbonyl (C=O) groups is 2. The highest BCUT2D eigenvalue weighted by atomic mass is 32.2. The summed E-state index contributed by atoms with van der Waals surface area (Å²) in [6.45, 7) is 3.91. The van der Waals surface area contributed by atoms with Crippen LogP contribution in [0, 0.1) is 19.7 Å². The summed E-state index contributed by atoms with van der Waals surface area (Å²) < 4.78 is 19.1. The summed E-state index contributed by atoms with van der Waals surface area (Å²) in [4.78, 5) is 32.0. The molecule has 0 aliphatic carbocycles. The molecule has 3 aromatic carbocycles. The number of halogens is 1. The van der Waals surface area contributed by atoms with Crippen LogP contribution in [0.5, 0.6) is 5.75 Å². The lowest BCUT2D eigenvalue weighted by molar-refractivity contribution is -0.114. The molecule has 0 unspecified atom stereocenters. The standard InChI is InChI=1S/C27H24FN3O3S/c1-17-12-18(2)14-20(13-17)31-26(33)24(15-19-8-10-21(34-3)11-9-19)30-27(31)35-16-25(32)29-23-7-5-4-6-22(23)28/h4-15H,16H2,1-3H3,(H,29,32)/b24-15-. The van der Waals surface area contributed by atoms with Gasteiger partial charge in [-0.1, -0.05) is 42.1 Å². The van der Waals surface area contributed by atoms with Crippen molar-refractivity contribution in [3.63, 3.8) is 0 Å². The van der Waals surface area contributed by atoms with Crippen molar-refractivity contribution in [2.24, 2.45) is 4.99 Å². The normalized spacial score (nSPS) is 14.3. The Balaban J connectivity index is 1.60. The molecule has 0 spiro atoms. The van der Waals surface area contributed by atoms with Crippen molar-refractivity contribution in [2.75, 3.05) is 23.1 Å². The number of hydrogen-bond acceptors (Lipinski definition) is 5. The lowest BCUT2D eigenvalue weighted by Crippen LogP contribution is -2.31. The van der Waals surface area contributed by atoms with Crippen LogP contribution in [0.4, 0.5) is 15.8 Å². The first-order valence-electron chi connectivity index (χ1n) is 10.9. The molecule has 4 rings (SSSR count). The van der Waals surface area contributed by atoms with Crippen molar-refractivity contribution >= 4 is 46.2 Å². The van der Waals surface area contributed by atoms with Gasteiger partial charge < -0.3 is 10.1 Å². The van der Waals surface area contributed by atoms with Gasteiger partial charge in [0.15, 0.2) is 5.17 Å². The third-order valence-electron chi connectivity index (χ3n) is 5.19. The summed E-state index contributed by atoms with van der Waals surface area (Å²) in [5, 5.41) is 2.94. The minimum atomic E-state index is -0.513. The number of amidine groups is 1. The molecule has 0 radical (unpaired) electrons. The molecule has 8 heteroatoms. The zero-order valence-electron chi connectivity index (χ0n) is 19.5. The maximum atomic E-state index is 13.9. The number of ether oxygens (including phenoxy) is 1. The zero-order valence-corrected chi connectivity index (χ0v) is 20.4. The fourth-order valence-electron chi connectivity index (χ4n) is 3.64. The molecule has 1 heterocycles. The monoisotopic (exact) mass is 489 g/mol. The second-order valence-electron chi connectivity index (χ2n) is 8.00. The van der Waals surface area contributed by atoms with Gasteiger partial charge in [-0.15, -0.1) is 0 Å². The molecule has 0 bridgehead atoms. The Morgan fingerprint density at radius 3 is 2.43 bits per heavy atom. The maximum Gasteiger partial charge on any atom is 0.283 e. The van der Waals surface area contributed by atoms with Crippen molar-refractivity contribution in [3.05, 3.63) is 94.9 Å². The summed E-state index contributed by atoms with van der Waals surface area (Å²) in [6, 6.07) is 19.1. The van der Waals surface area contributed by atoms with E-state index in [4.69, 9.17) is 4.74 Å². The first kappa shape index (κ1) is 24.2. The number of benzene rings is 3. The van der Waals surface area contributed by atoms with Crippen LogP contribution in [0.15, 0.2) is 77.4 Å². The van der Waals surface area contributed by atoms with Gasteiger partial charge >= 0.3 is 0 Å². The SMILES string of the molecule is COc1ccc(/C=C2\N=C(SCC(=O)Nc3ccccc3F)N(c3cc(C)cc(C)c3)C2=O)cc1. The molecule has 178 valence electrons. The predicted octanol–water partition coefficient (Wildman–Crippen LogP) is 5.57. The van der Waals surface area contributed by atoms with Crippen molar-refractivity contribution < 1.29 is 18.7 Å². The quantitative estimate of drug-likeness (QED) is 0.460. The Morgan fingerprint density at radius 1 is 1.09 bits per heavy atom. The number of thioether (sulfide) groups is 1. The summed E-state index contributed by atoms with van der Waals surface area (Å²) in [5.74, 6) is -0.536. The van der Waals surface area contributed by atoms with E-state index >= 15 is 0 Å². The Hall–Kier alpha value is -3.91. The van der Waals surface area contributed by atoms with Crippen molar-refractivity contribution in [1.82, 2.24) is 0 Å². The van der Waals surface area contributed by atoms with Crippen LogP contribution in [0.25, 0.3) is 6.08 Å². The third kappa shape index (κ3) is 5.78. The zero-order chi connectivity index (χ0) is 24.9. The van der Waals surface area contributed by atoms with Gasteiger partial charge in [0.1, 0.15) is 17.3 Å². The minimum Gasteiger partial charge on any atom is -0.497 e. The number of amides is 2. The Labute approximate surface area is 207 Å². The number of hydrogen-bond donors (Lipinski definition) is 1. The van der Waals surface area contributed by atoms with Gasteiger partial charge in [-0.05, 0) is 73.0 Å². The topological polar surface area (TPSA) is 71.0 Å². The van der Waals surface area contributed by atoms with E-state index in [-0.39, 0.29) is 23.0 Å². The Bertz CT molecular complexity index is 1320. The van der Waals surface area contributed by atoms with E-state index < -0.39 is 11.7 Å². The molecule has 0 saturated heterocycles. The van der Waals surface area contributed by atoms with Crippen LogP contribution < -0.4 is 15.0 Å². The van der Waals surface area contributed by atoms with Crippen LogP contribution in [-0.4, -0.2) is 29.8 Å². The second kappa shape index (κ2) is 10.6. The molecule has 0 aromatic heterocycles. The predicted molar refractivity (Wildman–Crippen MR) is 139 cm³/mol. The van der Waals surface area contributed by atoms with E-state index in [9.17, 15) is 14.0 Å². The Morgan fingerprint density at radius 2 is 1.77 bits per heavy atom. The summed E-state index contributed by atoms with van der Waals surface area (Å²) in [7, 11) is 1.59. The van der Waals surface area contributed by atoms with Crippen LogP contribution in [-0.2, 0) is 9.59 Å². The number of aliphatic imine (C=N–C) groups is 1. The number of rotatable bonds is 6. The highest BCUT2D eigenvalue weighted by Gasteiger charge is 2.32. The first-order chi connectivity index (χ1) is 16.8. The van der Waals surface area contributed by atoms with E-state index in [0.717, 1.165) is 28.5 Å². The van der Waals surface area contributed by atoms with E-state index in [1.54, 1.807) is 37.5 Å². The van der Waals surface area contributed by atoms with Crippen LogP contribution in [0.3, 0.4) is 0 Å². The summed E-state index contributed by atoms with van der Waals surface area (Å²) >= 11 is 1.12. The molecule has 35 heavy (non-hydrogen) atoms. The lowest BCUT2D eigenvalue weighted by Gasteiger charge is -2.19. The largest absolute Gasteiger partial charge is 0.497 e. The van der Waals surface area contributed by atoms with Gasteiger partial charge in [-0.3, -0.25) is 14.5 Å². The van der Waals surface area contributed by atoms with Gasteiger partial charge in [0, 0.05) is 0 Å². The molecular formula is C27H24FN3O3S. The van der Waals surface area contributed by atoms with Crippen molar-refractivity contribution in [3.8, 4) is 5.75 Å². The summed E-state index contributed by atoms with van der Waals surface area (Å²) in [5.41, 5.74) is 3.83. The fourth-order valence-corrected chi connectivity index (χ4v) is 4.45. The molecule has 1 aliphatic rings. The van der Waals surface area contributed by atoms with E-state index in [1.165, 1.54) is 17.0 Å². The van der Waals surface area contributed by atoms with Crippen molar-refractivity contribution in [2.45, 2.75) is 13.8 Å². The fraction of sp³-hybridized carbons (Fsp3) is 0.148. The average Bonchev–Trinajstić information content (AvgIpc) is 3.14. The van der Waals surface area contributed by atoms with E-state index in [2.05, 4.69) is 10.3 Å². The van der Waals surface area contributed by atoms with Crippen LogP contribution in [0.2, 0.25) is 0 Å². The molecule has 0 saturated carbocycles.